The van der Waals surface area contributed by atoms with Crippen molar-refractivity contribution in [1.82, 2.24) is 0 Å². The van der Waals surface area contributed by atoms with Crippen LogP contribution in [0.4, 0.5) is 17.1 Å². The Morgan fingerprint density at radius 3 is 2.76 bits per heavy atom. The van der Waals surface area contributed by atoms with Crippen LogP contribution in [0.1, 0.15) is 10.4 Å². The molecule has 29 heavy (non-hydrogen) atoms. The number of anilines is 2. The summed E-state index contributed by atoms with van der Waals surface area (Å²) < 4.78 is 9.67. The van der Waals surface area contributed by atoms with Crippen molar-refractivity contribution in [2.75, 3.05) is 30.4 Å². The van der Waals surface area contributed by atoms with Gasteiger partial charge in [-0.1, -0.05) is 11.6 Å². The van der Waals surface area contributed by atoms with Crippen molar-refractivity contribution in [3.63, 3.8) is 0 Å². The molecule has 2 aromatic carbocycles. The molecule has 1 N–H and O–H groups in total. The standard InChI is InChI=1S/C18H14ClN3O7/c1-28-18(25)10-2-4-12(19)13(6-10)20-16(23)8-21-9-17(24)29-15-7-11(22(26)27)3-5-14(15)21/h2-7H,8-9H2,1H3,(H,20,23). The lowest BCUT2D eigenvalue weighted by Gasteiger charge is -2.29. The van der Waals surface area contributed by atoms with Gasteiger partial charge in [0.05, 0.1) is 46.6 Å². The first kappa shape index (κ1) is 20.1. The third-order valence-corrected chi connectivity index (χ3v) is 4.36. The minimum Gasteiger partial charge on any atom is -0.465 e. The van der Waals surface area contributed by atoms with Crippen LogP contribution in [0.5, 0.6) is 5.75 Å². The zero-order chi connectivity index (χ0) is 21.1. The number of fused-ring (bicyclic) bond motifs is 1. The zero-order valence-electron chi connectivity index (χ0n) is 15.0. The average Bonchev–Trinajstić information content (AvgIpc) is 2.68. The van der Waals surface area contributed by atoms with Crippen LogP contribution in [0.3, 0.4) is 0 Å². The van der Waals surface area contributed by atoms with Crippen molar-refractivity contribution in [3.8, 4) is 5.75 Å². The van der Waals surface area contributed by atoms with Gasteiger partial charge < -0.3 is 19.7 Å². The summed E-state index contributed by atoms with van der Waals surface area (Å²) in [5, 5.41) is 13.7. The number of nitro benzene ring substituents is 1. The summed E-state index contributed by atoms with van der Waals surface area (Å²) in [6.07, 6.45) is 0. The number of methoxy groups -OCH3 is 1. The highest BCUT2D eigenvalue weighted by molar-refractivity contribution is 6.34. The monoisotopic (exact) mass is 419 g/mol. The Bertz CT molecular complexity index is 1020. The number of nitro groups is 1. The number of hydrogen-bond donors (Lipinski definition) is 1. The predicted molar refractivity (Wildman–Crippen MR) is 102 cm³/mol. The van der Waals surface area contributed by atoms with E-state index in [0.717, 1.165) is 6.07 Å². The summed E-state index contributed by atoms with van der Waals surface area (Å²) in [5.41, 5.74) is 0.517. The summed E-state index contributed by atoms with van der Waals surface area (Å²) in [6.45, 7) is -0.465. The van der Waals surface area contributed by atoms with Crippen molar-refractivity contribution in [3.05, 3.63) is 57.1 Å². The van der Waals surface area contributed by atoms with Crippen molar-refractivity contribution in [2.24, 2.45) is 0 Å². The quantitative estimate of drug-likeness (QED) is 0.338. The fraction of sp³-hybridized carbons (Fsp3) is 0.167. The van der Waals surface area contributed by atoms with E-state index in [1.165, 1.54) is 42.3 Å². The lowest BCUT2D eigenvalue weighted by atomic mass is 10.2. The van der Waals surface area contributed by atoms with E-state index >= 15 is 0 Å². The molecule has 1 aliphatic rings. The molecule has 0 spiro atoms. The largest absolute Gasteiger partial charge is 0.465 e. The van der Waals surface area contributed by atoms with E-state index < -0.39 is 22.8 Å². The minimum atomic E-state index is -0.656. The molecule has 0 bridgehead atoms. The first-order valence-electron chi connectivity index (χ1n) is 8.20. The molecular weight excluding hydrogens is 406 g/mol. The molecular formula is C18H14ClN3O7. The average molecular weight is 420 g/mol. The van der Waals surface area contributed by atoms with Crippen molar-refractivity contribution in [2.45, 2.75) is 0 Å². The Morgan fingerprint density at radius 1 is 1.31 bits per heavy atom. The van der Waals surface area contributed by atoms with E-state index in [9.17, 15) is 24.5 Å². The highest BCUT2D eigenvalue weighted by atomic mass is 35.5. The van der Waals surface area contributed by atoms with Crippen LogP contribution in [0, 0.1) is 10.1 Å². The van der Waals surface area contributed by atoms with Gasteiger partial charge in [0.2, 0.25) is 5.91 Å². The molecule has 0 aromatic heterocycles. The molecule has 0 radical (unpaired) electrons. The molecule has 3 rings (SSSR count). The fourth-order valence-electron chi connectivity index (χ4n) is 2.73. The number of ether oxygens (including phenoxy) is 2. The fourth-order valence-corrected chi connectivity index (χ4v) is 2.89. The number of halogens is 1. The summed E-state index contributed by atoms with van der Waals surface area (Å²) in [5.74, 6) is -1.77. The highest BCUT2D eigenvalue weighted by Gasteiger charge is 2.27. The van der Waals surface area contributed by atoms with Gasteiger partial charge in [-0.15, -0.1) is 0 Å². The van der Waals surface area contributed by atoms with Crippen LogP contribution < -0.4 is 15.0 Å². The van der Waals surface area contributed by atoms with Gasteiger partial charge in [0.1, 0.15) is 6.54 Å². The molecule has 1 heterocycles. The lowest BCUT2D eigenvalue weighted by Crippen LogP contribution is -2.41. The molecule has 11 heteroatoms. The van der Waals surface area contributed by atoms with E-state index in [1.54, 1.807) is 0 Å². The maximum absolute atomic E-state index is 12.5. The van der Waals surface area contributed by atoms with Crippen LogP contribution in [-0.4, -0.2) is 43.0 Å². The molecule has 0 fully saturated rings. The van der Waals surface area contributed by atoms with Crippen molar-refractivity contribution < 1.29 is 28.8 Å². The molecule has 0 saturated carbocycles. The van der Waals surface area contributed by atoms with E-state index in [4.69, 9.17) is 16.3 Å². The summed E-state index contributed by atoms with van der Waals surface area (Å²) >= 11 is 6.06. The number of carbonyl (C=O) groups excluding carboxylic acids is 3. The van der Waals surface area contributed by atoms with Crippen molar-refractivity contribution in [1.29, 1.82) is 0 Å². The smallest absolute Gasteiger partial charge is 0.337 e. The molecule has 10 nitrogen and oxygen atoms in total. The molecule has 150 valence electrons. The maximum Gasteiger partial charge on any atom is 0.337 e. The number of esters is 2. The first-order valence-corrected chi connectivity index (χ1v) is 8.58. The van der Waals surface area contributed by atoms with Gasteiger partial charge in [0, 0.05) is 6.07 Å². The minimum absolute atomic E-state index is 0.00558. The molecule has 0 atom stereocenters. The third-order valence-electron chi connectivity index (χ3n) is 4.03. The topological polar surface area (TPSA) is 128 Å². The van der Waals surface area contributed by atoms with Gasteiger partial charge >= 0.3 is 11.9 Å². The van der Waals surface area contributed by atoms with Crippen LogP contribution in [0.25, 0.3) is 0 Å². The van der Waals surface area contributed by atoms with Crippen LogP contribution in [-0.2, 0) is 14.3 Å². The molecule has 0 saturated heterocycles. The second-order valence-electron chi connectivity index (χ2n) is 5.97. The number of benzene rings is 2. The first-order chi connectivity index (χ1) is 13.8. The number of rotatable bonds is 5. The van der Waals surface area contributed by atoms with E-state index in [-0.39, 0.29) is 40.8 Å². The van der Waals surface area contributed by atoms with Crippen LogP contribution in [0.15, 0.2) is 36.4 Å². The maximum atomic E-state index is 12.5. The molecule has 2 aromatic rings. The normalized spacial score (nSPS) is 12.6. The van der Waals surface area contributed by atoms with Gasteiger partial charge in [-0.3, -0.25) is 14.9 Å². The van der Waals surface area contributed by atoms with Crippen LogP contribution >= 0.6 is 11.6 Å². The Morgan fingerprint density at radius 2 is 2.07 bits per heavy atom. The summed E-state index contributed by atoms with van der Waals surface area (Å²) in [6, 6.07) is 8.03. The second-order valence-corrected chi connectivity index (χ2v) is 6.38. The summed E-state index contributed by atoms with van der Waals surface area (Å²) in [4.78, 5) is 47.7. The SMILES string of the molecule is COC(=O)c1ccc(Cl)c(NC(=O)CN2CC(=O)Oc3cc([N+](=O)[O-])ccc32)c1. The Balaban J connectivity index is 1.79. The molecule has 0 unspecified atom stereocenters. The van der Waals surface area contributed by atoms with Crippen molar-refractivity contribution >= 4 is 46.5 Å². The van der Waals surface area contributed by atoms with E-state index in [1.807, 2.05) is 0 Å². The Kier molecular flexibility index (Phi) is 5.64. The van der Waals surface area contributed by atoms with E-state index in [2.05, 4.69) is 10.1 Å². The van der Waals surface area contributed by atoms with E-state index in [0.29, 0.717) is 5.69 Å². The third kappa shape index (κ3) is 4.43. The Hall–Kier alpha value is -3.66. The Labute approximate surface area is 169 Å². The highest BCUT2D eigenvalue weighted by Crippen LogP contribution is 2.35. The van der Waals surface area contributed by atoms with Gasteiger partial charge in [-0.05, 0) is 24.3 Å². The predicted octanol–water partition coefficient (Wildman–Crippen LogP) is 2.40. The number of carbonyl (C=O) groups is 3. The number of amides is 1. The zero-order valence-corrected chi connectivity index (χ0v) is 15.8. The van der Waals surface area contributed by atoms with Gasteiger partial charge in [0.15, 0.2) is 5.75 Å². The lowest BCUT2D eigenvalue weighted by molar-refractivity contribution is -0.384. The number of hydrogen-bond acceptors (Lipinski definition) is 8. The number of nitrogens with one attached hydrogen (secondary N) is 1. The number of nitrogens with zero attached hydrogens (tertiary/aromatic N) is 2. The molecule has 0 aliphatic carbocycles. The summed E-state index contributed by atoms with van der Waals surface area (Å²) in [7, 11) is 1.23. The van der Waals surface area contributed by atoms with Gasteiger partial charge in [-0.2, -0.15) is 0 Å². The molecule has 1 aliphatic heterocycles. The van der Waals surface area contributed by atoms with Gasteiger partial charge in [-0.25, -0.2) is 9.59 Å². The van der Waals surface area contributed by atoms with Gasteiger partial charge in [0.25, 0.3) is 5.69 Å². The van der Waals surface area contributed by atoms with Crippen LogP contribution in [0.2, 0.25) is 5.02 Å². The molecule has 1 amide bonds. The second kappa shape index (κ2) is 8.15. The number of non-ortho nitro benzene ring substituents is 1.